The van der Waals surface area contributed by atoms with Crippen molar-refractivity contribution in [3.63, 3.8) is 0 Å². The molecule has 2 heterocycles. The van der Waals surface area contributed by atoms with Crippen LogP contribution >= 0.6 is 0 Å². The van der Waals surface area contributed by atoms with Crippen LogP contribution in [0.1, 0.15) is 24.6 Å². The number of hydrogen-bond acceptors (Lipinski definition) is 2. The number of rotatable bonds is 2. The summed E-state index contributed by atoms with van der Waals surface area (Å²) in [5, 5.41) is 3.39. The third-order valence-electron chi connectivity index (χ3n) is 4.06. The normalized spacial score (nSPS) is 22.9. The zero-order chi connectivity index (χ0) is 13.5. The minimum absolute atomic E-state index is 0.0647. The first kappa shape index (κ1) is 12.4. The molecule has 1 saturated heterocycles. The second-order valence-electron chi connectivity index (χ2n) is 5.57. The summed E-state index contributed by atoms with van der Waals surface area (Å²) < 4.78 is 15.5. The molecule has 0 bridgehead atoms. The standard InChI is InChI=1S/C15H18FN3/c1-11-3-4-12(16)7-13(11)19-10-18-8-14(19)15(2)5-6-17-9-15/h3-4,7-8,10,17H,5-6,9H2,1-2H3. The van der Waals surface area contributed by atoms with E-state index >= 15 is 0 Å². The molecule has 0 radical (unpaired) electrons. The van der Waals surface area contributed by atoms with Gasteiger partial charge in [0.15, 0.2) is 0 Å². The highest BCUT2D eigenvalue weighted by atomic mass is 19.1. The lowest BCUT2D eigenvalue weighted by Crippen LogP contribution is -2.27. The number of aromatic nitrogens is 2. The van der Waals surface area contributed by atoms with Crippen molar-refractivity contribution in [1.82, 2.24) is 14.9 Å². The first-order valence-corrected chi connectivity index (χ1v) is 6.60. The minimum atomic E-state index is -0.213. The Morgan fingerprint density at radius 3 is 3.00 bits per heavy atom. The van der Waals surface area contributed by atoms with Crippen molar-refractivity contribution in [2.45, 2.75) is 25.7 Å². The summed E-state index contributed by atoms with van der Waals surface area (Å²) in [5.41, 5.74) is 3.14. The van der Waals surface area contributed by atoms with Crippen molar-refractivity contribution in [1.29, 1.82) is 0 Å². The molecular weight excluding hydrogens is 241 g/mol. The maximum atomic E-state index is 13.5. The molecule has 2 aromatic rings. The zero-order valence-corrected chi connectivity index (χ0v) is 11.3. The van der Waals surface area contributed by atoms with E-state index < -0.39 is 0 Å². The number of nitrogens with one attached hydrogen (secondary N) is 1. The minimum Gasteiger partial charge on any atom is -0.316 e. The van der Waals surface area contributed by atoms with E-state index in [4.69, 9.17) is 0 Å². The lowest BCUT2D eigenvalue weighted by molar-refractivity contribution is 0.498. The molecular formula is C15H18FN3. The Balaban J connectivity index is 2.12. The maximum absolute atomic E-state index is 13.5. The lowest BCUT2D eigenvalue weighted by atomic mass is 9.86. The number of halogens is 1. The Bertz CT molecular complexity index is 597. The van der Waals surface area contributed by atoms with Gasteiger partial charge in [-0.15, -0.1) is 0 Å². The predicted molar refractivity (Wildman–Crippen MR) is 73.1 cm³/mol. The van der Waals surface area contributed by atoms with Crippen molar-refractivity contribution < 1.29 is 4.39 Å². The molecule has 1 unspecified atom stereocenters. The van der Waals surface area contributed by atoms with E-state index in [9.17, 15) is 4.39 Å². The molecule has 3 rings (SSSR count). The second kappa shape index (κ2) is 4.46. The van der Waals surface area contributed by atoms with Gasteiger partial charge in [-0.2, -0.15) is 0 Å². The average molecular weight is 259 g/mol. The SMILES string of the molecule is Cc1ccc(F)cc1-n1cncc1C1(C)CCNC1. The molecule has 0 aliphatic carbocycles. The molecule has 1 fully saturated rings. The van der Waals surface area contributed by atoms with Gasteiger partial charge in [0.05, 0.1) is 12.0 Å². The summed E-state index contributed by atoms with van der Waals surface area (Å²) in [7, 11) is 0. The third-order valence-corrected chi connectivity index (χ3v) is 4.06. The number of imidazole rings is 1. The number of benzene rings is 1. The van der Waals surface area contributed by atoms with E-state index in [1.165, 1.54) is 6.07 Å². The van der Waals surface area contributed by atoms with Gasteiger partial charge in [0, 0.05) is 23.9 Å². The van der Waals surface area contributed by atoms with Crippen LogP contribution in [0.15, 0.2) is 30.7 Å². The molecule has 1 aliphatic rings. The Morgan fingerprint density at radius 1 is 1.42 bits per heavy atom. The summed E-state index contributed by atoms with van der Waals surface area (Å²) in [6.07, 6.45) is 4.76. The topological polar surface area (TPSA) is 29.9 Å². The first-order chi connectivity index (χ1) is 9.10. The summed E-state index contributed by atoms with van der Waals surface area (Å²) in [6, 6.07) is 4.88. The average Bonchev–Trinajstić information content (AvgIpc) is 3.01. The summed E-state index contributed by atoms with van der Waals surface area (Å²) in [4.78, 5) is 4.27. The first-order valence-electron chi connectivity index (χ1n) is 6.60. The van der Waals surface area contributed by atoms with Crippen LogP contribution in [0, 0.1) is 12.7 Å². The highest BCUT2D eigenvalue weighted by molar-refractivity contribution is 5.43. The van der Waals surface area contributed by atoms with Crippen molar-refractivity contribution in [2.24, 2.45) is 0 Å². The van der Waals surface area contributed by atoms with Crippen LogP contribution in [0.4, 0.5) is 4.39 Å². The van der Waals surface area contributed by atoms with Crippen LogP contribution in [0.25, 0.3) is 5.69 Å². The Labute approximate surface area is 112 Å². The van der Waals surface area contributed by atoms with Crippen LogP contribution < -0.4 is 5.32 Å². The molecule has 0 saturated carbocycles. The molecule has 0 amide bonds. The van der Waals surface area contributed by atoms with Gasteiger partial charge in [-0.3, -0.25) is 0 Å². The molecule has 1 aromatic carbocycles. The smallest absolute Gasteiger partial charge is 0.125 e. The summed E-state index contributed by atoms with van der Waals surface area (Å²) in [5.74, 6) is -0.213. The van der Waals surface area contributed by atoms with Gasteiger partial charge in [-0.1, -0.05) is 13.0 Å². The highest BCUT2D eigenvalue weighted by Crippen LogP contribution is 2.32. The Kier molecular flexibility index (Phi) is 2.90. The largest absolute Gasteiger partial charge is 0.316 e. The fourth-order valence-electron chi connectivity index (χ4n) is 2.81. The van der Waals surface area contributed by atoms with Gasteiger partial charge in [-0.25, -0.2) is 9.37 Å². The zero-order valence-electron chi connectivity index (χ0n) is 11.3. The highest BCUT2D eigenvalue weighted by Gasteiger charge is 2.33. The second-order valence-corrected chi connectivity index (χ2v) is 5.57. The molecule has 4 heteroatoms. The van der Waals surface area contributed by atoms with Crippen LogP contribution in [-0.4, -0.2) is 22.6 Å². The maximum Gasteiger partial charge on any atom is 0.125 e. The van der Waals surface area contributed by atoms with E-state index in [1.807, 2.05) is 23.8 Å². The van der Waals surface area contributed by atoms with E-state index in [0.29, 0.717) is 0 Å². The van der Waals surface area contributed by atoms with Gasteiger partial charge < -0.3 is 9.88 Å². The van der Waals surface area contributed by atoms with E-state index in [2.05, 4.69) is 17.2 Å². The summed E-state index contributed by atoms with van der Waals surface area (Å²) in [6.45, 7) is 6.18. The monoisotopic (exact) mass is 259 g/mol. The van der Waals surface area contributed by atoms with Crippen molar-refractivity contribution in [3.8, 4) is 5.69 Å². The molecule has 1 atom stereocenters. The quantitative estimate of drug-likeness (QED) is 0.898. The predicted octanol–water partition coefficient (Wildman–Crippen LogP) is 2.57. The lowest BCUT2D eigenvalue weighted by Gasteiger charge is -2.25. The van der Waals surface area contributed by atoms with E-state index in [-0.39, 0.29) is 11.2 Å². The number of nitrogens with zero attached hydrogens (tertiary/aromatic N) is 2. The van der Waals surface area contributed by atoms with Gasteiger partial charge >= 0.3 is 0 Å². The molecule has 1 aliphatic heterocycles. The van der Waals surface area contributed by atoms with Gasteiger partial charge in [0.25, 0.3) is 0 Å². The molecule has 0 spiro atoms. The molecule has 1 N–H and O–H groups in total. The van der Waals surface area contributed by atoms with Crippen molar-refractivity contribution >= 4 is 0 Å². The van der Waals surface area contributed by atoms with Gasteiger partial charge in [0.2, 0.25) is 0 Å². The van der Waals surface area contributed by atoms with Gasteiger partial charge in [-0.05, 0) is 37.6 Å². The summed E-state index contributed by atoms with van der Waals surface area (Å²) >= 11 is 0. The Hall–Kier alpha value is -1.68. The fourth-order valence-corrected chi connectivity index (χ4v) is 2.81. The number of hydrogen-bond donors (Lipinski definition) is 1. The third kappa shape index (κ3) is 2.06. The van der Waals surface area contributed by atoms with Crippen LogP contribution in [-0.2, 0) is 5.41 Å². The Morgan fingerprint density at radius 2 is 2.26 bits per heavy atom. The molecule has 1 aromatic heterocycles. The molecule has 3 nitrogen and oxygen atoms in total. The van der Waals surface area contributed by atoms with Crippen LogP contribution in [0.3, 0.4) is 0 Å². The fraction of sp³-hybridized carbons (Fsp3) is 0.400. The van der Waals surface area contributed by atoms with Crippen molar-refractivity contribution in [2.75, 3.05) is 13.1 Å². The van der Waals surface area contributed by atoms with Gasteiger partial charge in [0.1, 0.15) is 5.82 Å². The molecule has 100 valence electrons. The van der Waals surface area contributed by atoms with Crippen molar-refractivity contribution in [3.05, 3.63) is 47.8 Å². The van der Waals surface area contributed by atoms with Crippen LogP contribution in [0.5, 0.6) is 0 Å². The van der Waals surface area contributed by atoms with E-state index in [0.717, 1.165) is 36.5 Å². The van der Waals surface area contributed by atoms with Crippen LogP contribution in [0.2, 0.25) is 0 Å². The number of aryl methyl sites for hydroxylation is 1. The molecule has 19 heavy (non-hydrogen) atoms. The van der Waals surface area contributed by atoms with E-state index in [1.54, 1.807) is 12.4 Å².